The third-order valence-electron chi connectivity index (χ3n) is 7.12. The first kappa shape index (κ1) is 20.4. The molecule has 2 fully saturated rings. The molecule has 4 aliphatic heterocycles. The molecule has 1 N–H and O–H groups in total. The van der Waals surface area contributed by atoms with Gasteiger partial charge in [0.2, 0.25) is 5.58 Å². The molecule has 33 heavy (non-hydrogen) atoms. The van der Waals surface area contributed by atoms with Crippen molar-refractivity contribution in [2.45, 2.75) is 44.6 Å². The van der Waals surface area contributed by atoms with E-state index in [4.69, 9.17) is 20.4 Å². The first-order chi connectivity index (χ1) is 15.9. The summed E-state index contributed by atoms with van der Waals surface area (Å²) in [5, 5.41) is 7.79. The molecule has 6 rings (SSSR count). The number of amides is 1. The number of nitrogens with zero attached hydrogens (tertiary/aromatic N) is 4. The van der Waals surface area contributed by atoms with Gasteiger partial charge in [-0.15, -0.1) is 6.42 Å². The van der Waals surface area contributed by atoms with Gasteiger partial charge in [0.25, 0.3) is 0 Å². The van der Waals surface area contributed by atoms with Crippen molar-refractivity contribution in [1.29, 1.82) is 0 Å². The molecule has 5 heterocycles. The number of ether oxygens (including phenoxy) is 2. The average molecular weight is 453 g/mol. The van der Waals surface area contributed by atoms with Crippen molar-refractivity contribution >= 4 is 34.8 Å². The highest BCUT2D eigenvalue weighted by atomic mass is 19.1. The van der Waals surface area contributed by atoms with Crippen molar-refractivity contribution < 1.29 is 23.2 Å². The maximum Gasteiger partial charge on any atom is 0.416 e. The highest BCUT2D eigenvalue weighted by Gasteiger charge is 2.53. The zero-order valence-corrected chi connectivity index (χ0v) is 18.4. The van der Waals surface area contributed by atoms with Crippen LogP contribution in [0.15, 0.2) is 15.6 Å². The number of aliphatic imine (C=N–C) groups is 1. The second-order valence-electron chi connectivity index (χ2n) is 9.27. The number of cyclic esters (lactones) is 1. The van der Waals surface area contributed by atoms with Crippen LogP contribution in [0.1, 0.15) is 19.4 Å². The number of hydrogen-bond donors (Lipinski definition) is 1. The monoisotopic (exact) mass is 453 g/mol. The molecule has 2 aromatic rings. The second kappa shape index (κ2) is 7.17. The van der Waals surface area contributed by atoms with Gasteiger partial charge in [0.05, 0.1) is 36.0 Å². The lowest BCUT2D eigenvalue weighted by atomic mass is 9.68. The van der Waals surface area contributed by atoms with E-state index in [-0.39, 0.29) is 41.7 Å². The lowest BCUT2D eigenvalue weighted by Crippen LogP contribution is -2.67. The van der Waals surface area contributed by atoms with Crippen LogP contribution >= 0.6 is 0 Å². The third-order valence-corrected chi connectivity index (χ3v) is 7.12. The van der Waals surface area contributed by atoms with E-state index in [9.17, 15) is 4.79 Å². The van der Waals surface area contributed by atoms with Gasteiger partial charge >= 0.3 is 6.09 Å². The van der Waals surface area contributed by atoms with Gasteiger partial charge in [-0.25, -0.2) is 14.1 Å². The van der Waals surface area contributed by atoms with Gasteiger partial charge in [0.1, 0.15) is 12.6 Å². The number of carbonyl (C=O) groups excluding carboxylic acids is 1. The van der Waals surface area contributed by atoms with Crippen LogP contribution in [0.5, 0.6) is 0 Å². The molecule has 2 saturated heterocycles. The molecule has 1 amide bonds. The van der Waals surface area contributed by atoms with Crippen LogP contribution in [-0.4, -0.2) is 68.1 Å². The summed E-state index contributed by atoms with van der Waals surface area (Å²) in [6, 6.07) is 1.15. The molecule has 1 spiro atoms. The Balaban J connectivity index is 1.55. The number of fused-ring (bicyclic) bond motifs is 5. The first-order valence-corrected chi connectivity index (χ1v) is 11.1. The summed E-state index contributed by atoms with van der Waals surface area (Å²) < 4.78 is 32.8. The first-order valence-electron chi connectivity index (χ1n) is 11.1. The minimum Gasteiger partial charge on any atom is -0.446 e. The van der Waals surface area contributed by atoms with Crippen molar-refractivity contribution in [3.05, 3.63) is 17.4 Å². The van der Waals surface area contributed by atoms with Crippen LogP contribution in [-0.2, 0) is 15.9 Å². The van der Waals surface area contributed by atoms with Gasteiger partial charge in [-0.1, -0.05) is 11.1 Å². The Morgan fingerprint density at radius 2 is 2.24 bits per heavy atom. The molecule has 4 aliphatic rings. The Morgan fingerprint density at radius 1 is 1.39 bits per heavy atom. The van der Waals surface area contributed by atoms with Crippen molar-refractivity contribution in [1.82, 2.24) is 10.5 Å². The van der Waals surface area contributed by atoms with Gasteiger partial charge in [-0.3, -0.25) is 10.3 Å². The predicted octanol–water partition coefficient (Wildman–Crippen LogP) is 2.08. The quantitative estimate of drug-likeness (QED) is 0.661. The van der Waals surface area contributed by atoms with E-state index in [2.05, 4.69) is 26.3 Å². The highest BCUT2D eigenvalue weighted by molar-refractivity contribution is 6.01. The predicted molar refractivity (Wildman–Crippen MR) is 119 cm³/mol. The van der Waals surface area contributed by atoms with Crippen molar-refractivity contribution in [2.24, 2.45) is 10.4 Å². The third kappa shape index (κ3) is 2.82. The highest BCUT2D eigenvalue weighted by Crippen LogP contribution is 2.48. The number of terminal acetylenes is 1. The lowest BCUT2D eigenvalue weighted by Gasteiger charge is -2.56. The molecule has 9 nitrogen and oxygen atoms in total. The number of morpholine rings is 1. The van der Waals surface area contributed by atoms with E-state index < -0.39 is 18.0 Å². The van der Waals surface area contributed by atoms with Crippen molar-refractivity contribution in [2.75, 3.05) is 36.2 Å². The van der Waals surface area contributed by atoms with E-state index in [1.165, 1.54) is 4.90 Å². The molecule has 0 saturated carbocycles. The number of nitrogens with one attached hydrogen (secondary N) is 1. The number of aromatic nitrogens is 1. The van der Waals surface area contributed by atoms with E-state index >= 15 is 4.39 Å². The fourth-order valence-electron chi connectivity index (χ4n) is 5.98. The van der Waals surface area contributed by atoms with Crippen LogP contribution in [0.25, 0.3) is 11.0 Å². The Bertz CT molecular complexity index is 1220. The molecule has 1 aromatic heterocycles. The summed E-state index contributed by atoms with van der Waals surface area (Å²) in [6.45, 7) is 5.87. The van der Waals surface area contributed by atoms with Gasteiger partial charge < -0.3 is 18.9 Å². The fraction of sp³-hybridized carbons (Fsp3) is 0.522. The smallest absolute Gasteiger partial charge is 0.416 e. The van der Waals surface area contributed by atoms with E-state index in [1.807, 2.05) is 26.1 Å². The maximum absolute atomic E-state index is 16.1. The van der Waals surface area contributed by atoms with E-state index in [0.717, 1.165) is 5.56 Å². The summed E-state index contributed by atoms with van der Waals surface area (Å²) in [5.74, 6) is 2.21. The molecule has 172 valence electrons. The molecule has 1 aromatic carbocycles. The number of benzene rings is 1. The van der Waals surface area contributed by atoms with Gasteiger partial charge in [-0.05, 0) is 31.9 Å². The number of carbonyl (C=O) groups is 1. The van der Waals surface area contributed by atoms with E-state index in [0.29, 0.717) is 37.3 Å². The molecule has 0 aliphatic carbocycles. The Hall–Kier alpha value is -3.16. The average Bonchev–Trinajstić information content (AvgIpc) is 3.36. The topological polar surface area (TPSA) is 92.4 Å². The SMILES string of the molecule is C#C[C@H]1COC(=O)N1c1noc2c(F)c3c(cc12)CC1(C=NCNC1)[C@H]1[C@H](C)O[C@H](C)CN31. The number of rotatable bonds is 1. The molecule has 1 unspecified atom stereocenters. The zero-order chi connectivity index (χ0) is 22.9. The van der Waals surface area contributed by atoms with Crippen LogP contribution in [0.4, 0.5) is 20.7 Å². The largest absolute Gasteiger partial charge is 0.446 e. The number of hydrogen-bond acceptors (Lipinski definition) is 8. The minimum absolute atomic E-state index is 0.00356. The molecule has 10 heteroatoms. The van der Waals surface area contributed by atoms with Crippen LogP contribution in [0, 0.1) is 23.6 Å². The summed E-state index contributed by atoms with van der Waals surface area (Å²) >= 11 is 0. The standard InChI is InChI=1S/C23H24FN5O4/c1-4-15-8-31-22(30)29(15)21-16-5-14-6-23(9-25-11-26-10-23)20-13(3)32-12(2)7-28(20)18(14)17(24)19(16)33-27-21/h1,5,9,12-13,15,20,26H,6-8,10-11H2,2-3H3/t12-,13+,15+,20-,23?/m1/s1. The molecule has 5 atom stereocenters. The van der Waals surface area contributed by atoms with Gasteiger partial charge in [0, 0.05) is 24.7 Å². The Labute approximate surface area is 189 Å². The Morgan fingerprint density at radius 3 is 3.00 bits per heavy atom. The van der Waals surface area contributed by atoms with Crippen LogP contribution in [0.2, 0.25) is 0 Å². The second-order valence-corrected chi connectivity index (χ2v) is 9.27. The summed E-state index contributed by atoms with van der Waals surface area (Å²) in [5.41, 5.74) is 0.938. The van der Waals surface area contributed by atoms with Crippen molar-refractivity contribution in [3.63, 3.8) is 0 Å². The summed E-state index contributed by atoms with van der Waals surface area (Å²) in [4.78, 5) is 20.2. The zero-order valence-electron chi connectivity index (χ0n) is 18.4. The number of halogens is 1. The molecule has 0 bridgehead atoms. The van der Waals surface area contributed by atoms with Crippen LogP contribution < -0.4 is 15.1 Å². The van der Waals surface area contributed by atoms with Crippen LogP contribution in [0.3, 0.4) is 0 Å². The fourth-order valence-corrected chi connectivity index (χ4v) is 5.98. The molecular formula is C23H24FN5O4. The van der Waals surface area contributed by atoms with E-state index in [1.54, 1.807) is 0 Å². The van der Waals surface area contributed by atoms with Crippen molar-refractivity contribution in [3.8, 4) is 12.3 Å². The van der Waals surface area contributed by atoms with Gasteiger partial charge in [-0.2, -0.15) is 0 Å². The number of anilines is 2. The normalized spacial score (nSPS) is 33.2. The summed E-state index contributed by atoms with van der Waals surface area (Å²) in [6.07, 6.45) is 7.32. The molecular weight excluding hydrogens is 429 g/mol. The maximum atomic E-state index is 16.1. The summed E-state index contributed by atoms with van der Waals surface area (Å²) in [7, 11) is 0. The Kier molecular flexibility index (Phi) is 4.44. The molecule has 0 radical (unpaired) electrons. The van der Waals surface area contributed by atoms with Gasteiger partial charge in [0.15, 0.2) is 11.6 Å². The minimum atomic E-state index is -0.628. The lowest BCUT2D eigenvalue weighted by molar-refractivity contribution is -0.0522.